The fraction of sp³-hybridized carbons (Fsp3) is 0.292. The van der Waals surface area contributed by atoms with Crippen molar-refractivity contribution in [3.63, 3.8) is 0 Å². The van der Waals surface area contributed by atoms with Gasteiger partial charge in [-0.05, 0) is 56.2 Å². The minimum Gasteiger partial charge on any atom is -0.490 e. The van der Waals surface area contributed by atoms with Gasteiger partial charge in [-0.1, -0.05) is 24.3 Å². The molecule has 7 nitrogen and oxygen atoms in total. The Labute approximate surface area is 182 Å². The van der Waals surface area contributed by atoms with Gasteiger partial charge in [0.2, 0.25) is 0 Å². The molecule has 0 saturated carbocycles. The summed E-state index contributed by atoms with van der Waals surface area (Å²) < 4.78 is 11.2. The Morgan fingerprint density at radius 1 is 0.968 bits per heavy atom. The molecule has 1 N–H and O–H groups in total. The third-order valence-corrected chi connectivity index (χ3v) is 5.03. The molecular weight excluding hydrogens is 392 g/mol. The lowest BCUT2D eigenvalue weighted by Gasteiger charge is -2.15. The van der Waals surface area contributed by atoms with Gasteiger partial charge >= 0.3 is 0 Å². The number of hydrogen-bond donors (Lipinski definition) is 1. The van der Waals surface area contributed by atoms with E-state index in [4.69, 9.17) is 9.47 Å². The molecule has 0 bridgehead atoms. The van der Waals surface area contributed by atoms with Crippen molar-refractivity contribution < 1.29 is 14.3 Å². The molecule has 0 aliphatic carbocycles. The predicted molar refractivity (Wildman–Crippen MR) is 121 cm³/mol. The van der Waals surface area contributed by atoms with Gasteiger partial charge in [-0.3, -0.25) is 4.79 Å². The van der Waals surface area contributed by atoms with Crippen LogP contribution in [-0.4, -0.2) is 42.4 Å². The molecule has 4 rings (SSSR count). The Morgan fingerprint density at radius 2 is 1.74 bits per heavy atom. The van der Waals surface area contributed by atoms with Crippen LogP contribution in [0.15, 0.2) is 60.7 Å². The molecule has 1 saturated heterocycles. The van der Waals surface area contributed by atoms with Crippen LogP contribution in [0.1, 0.15) is 19.8 Å². The van der Waals surface area contributed by atoms with Crippen molar-refractivity contribution in [2.45, 2.75) is 19.8 Å². The van der Waals surface area contributed by atoms with Crippen molar-refractivity contribution in [3.05, 3.63) is 60.7 Å². The fourth-order valence-electron chi connectivity index (χ4n) is 3.53. The maximum absolute atomic E-state index is 12.4. The standard InChI is InChI=1S/C24H26N4O3/c1-2-30-21-10-3-4-11-22(21)31-17-24(29)25-19-9-7-8-18(16-19)20-12-13-23(27-26-20)28-14-5-6-15-28/h3-4,7-13,16H,2,5-6,14-15,17H2,1H3,(H,25,29). The van der Waals surface area contributed by atoms with E-state index < -0.39 is 0 Å². The van der Waals surface area contributed by atoms with E-state index in [-0.39, 0.29) is 12.5 Å². The average molecular weight is 418 g/mol. The molecule has 0 atom stereocenters. The summed E-state index contributed by atoms with van der Waals surface area (Å²) in [6.45, 7) is 4.39. The van der Waals surface area contributed by atoms with E-state index in [1.165, 1.54) is 12.8 Å². The zero-order valence-corrected chi connectivity index (χ0v) is 17.6. The van der Waals surface area contributed by atoms with Crippen LogP contribution in [0.2, 0.25) is 0 Å². The molecule has 0 radical (unpaired) electrons. The largest absolute Gasteiger partial charge is 0.490 e. The van der Waals surface area contributed by atoms with Crippen molar-refractivity contribution in [1.82, 2.24) is 10.2 Å². The topological polar surface area (TPSA) is 76.6 Å². The maximum Gasteiger partial charge on any atom is 0.262 e. The third kappa shape index (κ3) is 5.31. The van der Waals surface area contributed by atoms with E-state index in [9.17, 15) is 4.79 Å². The summed E-state index contributed by atoms with van der Waals surface area (Å²) in [6.07, 6.45) is 2.40. The molecule has 0 unspecified atom stereocenters. The molecule has 7 heteroatoms. The van der Waals surface area contributed by atoms with Gasteiger partial charge < -0.3 is 19.7 Å². The lowest BCUT2D eigenvalue weighted by Crippen LogP contribution is -2.20. The first-order valence-corrected chi connectivity index (χ1v) is 10.6. The summed E-state index contributed by atoms with van der Waals surface area (Å²) in [5.74, 6) is 1.83. The number of rotatable bonds is 8. The van der Waals surface area contributed by atoms with Crippen LogP contribution in [0, 0.1) is 0 Å². The van der Waals surface area contributed by atoms with Gasteiger partial charge in [0, 0.05) is 24.3 Å². The van der Waals surface area contributed by atoms with Crippen molar-refractivity contribution in [2.24, 2.45) is 0 Å². The van der Waals surface area contributed by atoms with Crippen molar-refractivity contribution in [3.8, 4) is 22.8 Å². The second-order valence-corrected chi connectivity index (χ2v) is 7.27. The summed E-state index contributed by atoms with van der Waals surface area (Å²) in [5.41, 5.74) is 2.33. The fourth-order valence-corrected chi connectivity index (χ4v) is 3.53. The zero-order chi connectivity index (χ0) is 21.5. The highest BCUT2D eigenvalue weighted by molar-refractivity contribution is 5.92. The van der Waals surface area contributed by atoms with Crippen LogP contribution < -0.4 is 19.7 Å². The number of nitrogens with one attached hydrogen (secondary N) is 1. The number of benzene rings is 2. The number of para-hydroxylation sites is 2. The minimum atomic E-state index is -0.251. The number of amides is 1. The van der Waals surface area contributed by atoms with Crippen molar-refractivity contribution >= 4 is 17.4 Å². The van der Waals surface area contributed by atoms with Crippen LogP contribution in [0.3, 0.4) is 0 Å². The molecule has 3 aromatic rings. The molecule has 1 aliphatic rings. The average Bonchev–Trinajstić information content (AvgIpc) is 3.34. The summed E-state index contributed by atoms with van der Waals surface area (Å²) >= 11 is 0. The Bertz CT molecular complexity index is 1020. The Morgan fingerprint density at radius 3 is 2.45 bits per heavy atom. The Hall–Kier alpha value is -3.61. The van der Waals surface area contributed by atoms with Crippen LogP contribution in [-0.2, 0) is 4.79 Å². The molecule has 1 aliphatic heterocycles. The molecule has 2 aromatic carbocycles. The van der Waals surface area contributed by atoms with Gasteiger partial charge in [-0.2, -0.15) is 0 Å². The number of ether oxygens (including phenoxy) is 2. The molecule has 2 heterocycles. The quantitative estimate of drug-likeness (QED) is 0.592. The Kier molecular flexibility index (Phi) is 6.62. The monoisotopic (exact) mass is 418 g/mol. The number of aromatic nitrogens is 2. The first-order chi connectivity index (χ1) is 15.2. The number of anilines is 2. The molecule has 1 amide bonds. The SMILES string of the molecule is CCOc1ccccc1OCC(=O)Nc1cccc(-c2ccc(N3CCCC3)nn2)c1. The van der Waals surface area contributed by atoms with Crippen LogP contribution in [0.4, 0.5) is 11.5 Å². The summed E-state index contributed by atoms with van der Waals surface area (Å²) in [6, 6.07) is 18.8. The first kappa shape index (κ1) is 20.7. The smallest absolute Gasteiger partial charge is 0.262 e. The second-order valence-electron chi connectivity index (χ2n) is 7.27. The third-order valence-electron chi connectivity index (χ3n) is 5.03. The van der Waals surface area contributed by atoms with E-state index in [0.717, 1.165) is 30.2 Å². The molecule has 1 aromatic heterocycles. The zero-order valence-electron chi connectivity index (χ0n) is 17.6. The molecule has 31 heavy (non-hydrogen) atoms. The highest BCUT2D eigenvalue weighted by Crippen LogP contribution is 2.26. The Balaban J connectivity index is 1.37. The summed E-state index contributed by atoms with van der Waals surface area (Å²) in [7, 11) is 0. The number of hydrogen-bond acceptors (Lipinski definition) is 6. The van der Waals surface area contributed by atoms with E-state index in [0.29, 0.717) is 23.8 Å². The number of nitrogens with zero attached hydrogens (tertiary/aromatic N) is 3. The number of carbonyl (C=O) groups is 1. The maximum atomic E-state index is 12.4. The molecule has 0 spiro atoms. The highest BCUT2D eigenvalue weighted by Gasteiger charge is 2.14. The summed E-state index contributed by atoms with van der Waals surface area (Å²) in [5, 5.41) is 11.6. The van der Waals surface area contributed by atoms with Gasteiger partial charge in [0.25, 0.3) is 5.91 Å². The predicted octanol–water partition coefficient (Wildman–Crippen LogP) is 4.16. The van der Waals surface area contributed by atoms with E-state index >= 15 is 0 Å². The van der Waals surface area contributed by atoms with Crippen molar-refractivity contribution in [2.75, 3.05) is 36.5 Å². The van der Waals surface area contributed by atoms with Crippen LogP contribution >= 0.6 is 0 Å². The highest BCUT2D eigenvalue weighted by atomic mass is 16.5. The first-order valence-electron chi connectivity index (χ1n) is 10.6. The van der Waals surface area contributed by atoms with E-state index in [1.54, 1.807) is 6.07 Å². The normalized spacial score (nSPS) is 13.1. The minimum absolute atomic E-state index is 0.112. The van der Waals surface area contributed by atoms with Gasteiger partial charge in [0.1, 0.15) is 0 Å². The summed E-state index contributed by atoms with van der Waals surface area (Å²) in [4.78, 5) is 14.6. The van der Waals surface area contributed by atoms with E-state index in [2.05, 4.69) is 20.4 Å². The van der Waals surface area contributed by atoms with Gasteiger partial charge in [-0.15, -0.1) is 10.2 Å². The molecule has 1 fully saturated rings. The van der Waals surface area contributed by atoms with Crippen molar-refractivity contribution in [1.29, 1.82) is 0 Å². The van der Waals surface area contributed by atoms with Crippen LogP contribution in [0.5, 0.6) is 11.5 Å². The van der Waals surface area contributed by atoms with Gasteiger partial charge in [0.15, 0.2) is 23.9 Å². The lowest BCUT2D eigenvalue weighted by atomic mass is 10.1. The lowest BCUT2D eigenvalue weighted by molar-refractivity contribution is -0.118. The van der Waals surface area contributed by atoms with Crippen LogP contribution in [0.25, 0.3) is 11.3 Å². The van der Waals surface area contributed by atoms with E-state index in [1.807, 2.05) is 61.5 Å². The van der Waals surface area contributed by atoms with Gasteiger partial charge in [0.05, 0.1) is 12.3 Å². The van der Waals surface area contributed by atoms with Gasteiger partial charge in [-0.25, -0.2) is 0 Å². The number of carbonyl (C=O) groups excluding carboxylic acids is 1. The molecule has 160 valence electrons. The molecular formula is C24H26N4O3. The second kappa shape index (κ2) is 9.93.